The van der Waals surface area contributed by atoms with E-state index < -0.39 is 42.2 Å². The summed E-state index contributed by atoms with van der Waals surface area (Å²) in [4.78, 5) is 39.8. The van der Waals surface area contributed by atoms with Gasteiger partial charge in [0.1, 0.15) is 34.8 Å². The molecule has 1 aliphatic rings. The second-order valence-corrected chi connectivity index (χ2v) is 9.88. The van der Waals surface area contributed by atoms with Gasteiger partial charge >= 0.3 is 11.9 Å². The van der Waals surface area contributed by atoms with Crippen LogP contribution in [0.4, 0.5) is 5.69 Å². The lowest BCUT2D eigenvalue weighted by Crippen LogP contribution is -2.38. The minimum absolute atomic E-state index is 0.0225. The van der Waals surface area contributed by atoms with E-state index in [0.717, 1.165) is 0 Å². The monoisotopic (exact) mass is 480 g/mol. The third-order valence-electron chi connectivity index (χ3n) is 4.52. The Labute approximate surface area is 204 Å². The average molecular weight is 481 g/mol. The van der Waals surface area contributed by atoms with Gasteiger partial charge in [0.05, 0.1) is 17.3 Å². The summed E-state index contributed by atoms with van der Waals surface area (Å²) in [6, 6.07) is 11.3. The minimum Gasteiger partial charge on any atom is -0.481 e. The van der Waals surface area contributed by atoms with Crippen LogP contribution in [0.3, 0.4) is 0 Å². The first-order valence-corrected chi connectivity index (χ1v) is 11.0. The quantitative estimate of drug-likeness (QED) is 0.579. The van der Waals surface area contributed by atoms with Gasteiger partial charge in [-0.1, -0.05) is 6.07 Å². The predicted octanol–water partition coefficient (Wildman–Crippen LogP) is 4.37. The molecule has 1 amide bonds. The number of nitrogens with zero attached hydrogens (tertiary/aromatic N) is 2. The molecule has 0 aliphatic carbocycles. The van der Waals surface area contributed by atoms with Gasteiger partial charge in [-0.15, -0.1) is 0 Å². The number of benzene rings is 2. The molecule has 9 heteroatoms. The highest BCUT2D eigenvalue weighted by molar-refractivity contribution is 6.13. The number of ether oxygens (including phenoxy) is 4. The molecule has 1 heterocycles. The van der Waals surface area contributed by atoms with E-state index in [9.17, 15) is 19.6 Å². The molecule has 3 rings (SSSR count). The molecule has 2 aromatic rings. The van der Waals surface area contributed by atoms with Crippen molar-refractivity contribution < 1.29 is 33.3 Å². The molecule has 184 valence electrons. The second-order valence-electron chi connectivity index (χ2n) is 9.88. The Hall–Kier alpha value is -4.06. The lowest BCUT2D eigenvalue weighted by Gasteiger charge is -2.25. The summed E-state index contributed by atoms with van der Waals surface area (Å²) in [7, 11) is 0. The van der Waals surface area contributed by atoms with Crippen LogP contribution in [0.15, 0.2) is 36.4 Å². The largest absolute Gasteiger partial charge is 0.481 e. The number of carbonyl (C=O) groups excluding carboxylic acids is 3. The molecule has 0 saturated carbocycles. The molecule has 0 saturated heterocycles. The number of hydrogen-bond acceptors (Lipinski definition) is 8. The van der Waals surface area contributed by atoms with Gasteiger partial charge in [0.25, 0.3) is 5.91 Å². The van der Waals surface area contributed by atoms with Crippen LogP contribution in [0.5, 0.6) is 17.2 Å². The standard InChI is InChI=1S/C26H28N2O7/c1-25(2,3)34-21(29)14-28-17-12-16(13-27)10-11-18(17)33-20-9-7-8-19(23(20)24(28)31)32-15-22(30)35-26(4,5)6/h7-12H,14-15H2,1-6H3. The highest BCUT2D eigenvalue weighted by Gasteiger charge is 2.34. The highest BCUT2D eigenvalue weighted by Crippen LogP contribution is 2.42. The van der Waals surface area contributed by atoms with E-state index in [1.165, 1.54) is 17.0 Å². The molecule has 0 aromatic heterocycles. The highest BCUT2D eigenvalue weighted by atomic mass is 16.6. The topological polar surface area (TPSA) is 115 Å². The number of esters is 2. The molecule has 2 aromatic carbocycles. The van der Waals surface area contributed by atoms with Gasteiger partial charge in [0, 0.05) is 0 Å². The molecule has 0 atom stereocenters. The summed E-state index contributed by atoms with van der Waals surface area (Å²) in [5.74, 6) is -1.34. The van der Waals surface area contributed by atoms with Crippen LogP contribution >= 0.6 is 0 Å². The van der Waals surface area contributed by atoms with E-state index in [1.54, 1.807) is 65.8 Å². The van der Waals surface area contributed by atoms with Crippen LogP contribution in [0.25, 0.3) is 0 Å². The van der Waals surface area contributed by atoms with Gasteiger partial charge < -0.3 is 18.9 Å². The molecule has 0 unspecified atom stereocenters. The molecule has 35 heavy (non-hydrogen) atoms. The van der Waals surface area contributed by atoms with E-state index in [0.29, 0.717) is 0 Å². The van der Waals surface area contributed by atoms with Crippen LogP contribution in [-0.2, 0) is 19.1 Å². The van der Waals surface area contributed by atoms with Gasteiger partial charge in [0.2, 0.25) is 0 Å². The average Bonchev–Trinajstić information content (AvgIpc) is 2.84. The maximum atomic E-state index is 13.8. The first-order valence-electron chi connectivity index (χ1n) is 11.0. The molecule has 9 nitrogen and oxygen atoms in total. The maximum absolute atomic E-state index is 13.8. The smallest absolute Gasteiger partial charge is 0.344 e. The number of fused-ring (bicyclic) bond motifs is 2. The van der Waals surface area contributed by atoms with Crippen LogP contribution < -0.4 is 14.4 Å². The summed E-state index contributed by atoms with van der Waals surface area (Å²) in [6.45, 7) is 9.50. The van der Waals surface area contributed by atoms with Crippen molar-refractivity contribution >= 4 is 23.5 Å². The predicted molar refractivity (Wildman–Crippen MR) is 127 cm³/mol. The van der Waals surface area contributed by atoms with Crippen LogP contribution in [0, 0.1) is 11.3 Å². The molecule has 1 aliphatic heterocycles. The molecule has 0 bridgehead atoms. The van der Waals surface area contributed by atoms with Gasteiger partial charge in [0.15, 0.2) is 12.4 Å². The summed E-state index contributed by atoms with van der Waals surface area (Å²) < 4.78 is 22.3. The molecular weight excluding hydrogens is 452 g/mol. The van der Waals surface area contributed by atoms with Crippen molar-refractivity contribution in [1.82, 2.24) is 0 Å². The lowest BCUT2D eigenvalue weighted by molar-refractivity contribution is -0.157. The van der Waals surface area contributed by atoms with E-state index in [-0.39, 0.29) is 34.1 Å². The Morgan fingerprint density at radius 1 is 0.971 bits per heavy atom. The minimum atomic E-state index is -0.764. The zero-order valence-electron chi connectivity index (χ0n) is 20.6. The summed E-state index contributed by atoms with van der Waals surface area (Å²) in [5, 5.41) is 9.37. The fourth-order valence-corrected chi connectivity index (χ4v) is 3.34. The lowest BCUT2D eigenvalue weighted by atomic mass is 10.1. The first kappa shape index (κ1) is 25.6. The number of rotatable bonds is 5. The van der Waals surface area contributed by atoms with E-state index >= 15 is 0 Å². The third-order valence-corrected chi connectivity index (χ3v) is 4.52. The van der Waals surface area contributed by atoms with Crippen molar-refractivity contribution in [2.75, 3.05) is 18.1 Å². The molecule has 0 spiro atoms. The maximum Gasteiger partial charge on any atom is 0.344 e. The van der Waals surface area contributed by atoms with Crippen molar-refractivity contribution in [3.63, 3.8) is 0 Å². The third kappa shape index (κ3) is 6.51. The SMILES string of the molecule is CC(C)(C)OC(=O)COc1cccc2c1C(=O)N(CC(=O)OC(C)(C)C)c1cc(C#N)ccc1O2. The fourth-order valence-electron chi connectivity index (χ4n) is 3.34. The van der Waals surface area contributed by atoms with E-state index in [4.69, 9.17) is 18.9 Å². The summed E-state index contributed by atoms with van der Waals surface area (Å²) in [6.07, 6.45) is 0. The normalized spacial score (nSPS) is 12.9. The number of nitriles is 1. The van der Waals surface area contributed by atoms with Crippen LogP contribution in [-0.4, -0.2) is 42.2 Å². The number of hydrogen-bond donors (Lipinski definition) is 0. The van der Waals surface area contributed by atoms with Crippen molar-refractivity contribution in [1.29, 1.82) is 5.26 Å². The van der Waals surface area contributed by atoms with Gasteiger partial charge in [-0.2, -0.15) is 5.26 Å². The summed E-state index contributed by atoms with van der Waals surface area (Å²) in [5.41, 5.74) is -0.929. The molecular formula is C26H28N2O7. The Kier molecular flexibility index (Phi) is 7.06. The van der Waals surface area contributed by atoms with Crippen LogP contribution in [0.1, 0.15) is 57.5 Å². The number of anilines is 1. The number of amides is 1. The van der Waals surface area contributed by atoms with Crippen molar-refractivity contribution in [2.24, 2.45) is 0 Å². The fraction of sp³-hybridized carbons (Fsp3) is 0.385. The van der Waals surface area contributed by atoms with Crippen molar-refractivity contribution in [2.45, 2.75) is 52.7 Å². The Morgan fingerprint density at radius 2 is 1.63 bits per heavy atom. The zero-order chi connectivity index (χ0) is 26.0. The Bertz CT molecular complexity index is 1200. The summed E-state index contributed by atoms with van der Waals surface area (Å²) >= 11 is 0. The number of carbonyl (C=O) groups is 3. The zero-order valence-corrected chi connectivity index (χ0v) is 20.6. The molecule has 0 radical (unpaired) electrons. The first-order chi connectivity index (χ1) is 16.3. The van der Waals surface area contributed by atoms with Gasteiger partial charge in [-0.05, 0) is 71.9 Å². The Balaban J connectivity index is 2.01. The van der Waals surface area contributed by atoms with Gasteiger partial charge in [-0.25, -0.2) is 4.79 Å². The van der Waals surface area contributed by atoms with Gasteiger partial charge in [-0.3, -0.25) is 14.5 Å². The molecule has 0 N–H and O–H groups in total. The molecule has 0 fully saturated rings. The van der Waals surface area contributed by atoms with E-state index in [2.05, 4.69) is 0 Å². The van der Waals surface area contributed by atoms with E-state index in [1.807, 2.05) is 6.07 Å². The van der Waals surface area contributed by atoms with Crippen LogP contribution in [0.2, 0.25) is 0 Å². The van der Waals surface area contributed by atoms with Crippen molar-refractivity contribution in [3.8, 4) is 23.3 Å². The Morgan fingerprint density at radius 3 is 2.26 bits per heavy atom. The van der Waals surface area contributed by atoms with Crippen molar-refractivity contribution in [3.05, 3.63) is 47.5 Å². The second kappa shape index (κ2) is 9.66.